The fourth-order valence-corrected chi connectivity index (χ4v) is 12.3. The number of quaternary nitrogens is 1. The van der Waals surface area contributed by atoms with Crippen LogP contribution >= 0.6 is 0 Å². The SMILES string of the molecule is CCC1CC(=O)C(OCc2ccc(S(=O)(=O)[O-])cc2)C(=O)CCOC2CCCCCCCCCCCCCCCCCCCC2C([NH3+])C2CCCCCCCCCCCCCCCCCCCC2O1. The summed E-state index contributed by atoms with van der Waals surface area (Å²) in [6, 6.07) is 5.64. The van der Waals surface area contributed by atoms with Crippen molar-refractivity contribution in [1.29, 1.82) is 0 Å². The standard InChI is InChI=1S/C59H103NO8S/c1-2-50-47-55(62)59(67-48-49-41-43-51(44-42-49)69(63,64)65)54(61)45-46-66-56-39-35-31-27-23-19-15-11-7-3-5-9-13-17-21-25-29-33-37-52(56)58(60)53-38-34-30-26-22-18-14-10-6-4-8-12-16-20-24-28-32-36-40-57(53)68-50/h41-44,50,52-53,56-59H,2-40,45-48,60H2,1H3,(H,63,64,65). The summed E-state index contributed by atoms with van der Waals surface area (Å²) in [6.07, 6.45) is 47.3. The Morgan fingerprint density at radius 3 is 1.29 bits per heavy atom. The lowest BCUT2D eigenvalue weighted by atomic mass is 9.75. The third-order valence-corrected chi connectivity index (χ3v) is 17.1. The fraction of sp³-hybridized carbons (Fsp3) is 0.864. The fourth-order valence-electron chi connectivity index (χ4n) is 11.8. The van der Waals surface area contributed by atoms with Gasteiger partial charge in [0, 0.05) is 24.7 Å². The van der Waals surface area contributed by atoms with Crippen molar-refractivity contribution in [3.05, 3.63) is 29.8 Å². The molecule has 0 amide bonds. The Kier molecular flexibility index (Phi) is 32.2. The number of rotatable bonds is 5. The molecule has 2 aliphatic carbocycles. The van der Waals surface area contributed by atoms with E-state index in [0.717, 1.165) is 51.4 Å². The van der Waals surface area contributed by atoms with Gasteiger partial charge < -0.3 is 24.5 Å². The third-order valence-electron chi connectivity index (χ3n) is 16.3. The van der Waals surface area contributed by atoms with E-state index in [-0.39, 0.29) is 78.7 Å². The normalized spacial score (nSPS) is 29.4. The Balaban J connectivity index is 1.66. The first kappa shape index (κ1) is 59.9. The lowest BCUT2D eigenvalue weighted by Crippen LogP contribution is -2.71. The van der Waals surface area contributed by atoms with E-state index in [4.69, 9.17) is 19.9 Å². The maximum absolute atomic E-state index is 14.4. The molecule has 0 aromatic heterocycles. The number of hydrogen-bond acceptors (Lipinski definition) is 8. The van der Waals surface area contributed by atoms with E-state index >= 15 is 0 Å². The van der Waals surface area contributed by atoms with Crippen molar-refractivity contribution in [1.82, 2.24) is 0 Å². The van der Waals surface area contributed by atoms with E-state index in [9.17, 15) is 22.6 Å². The summed E-state index contributed by atoms with van der Waals surface area (Å²) >= 11 is 0. The summed E-state index contributed by atoms with van der Waals surface area (Å²) in [6.45, 7) is 2.26. The van der Waals surface area contributed by atoms with Crippen LogP contribution in [0.5, 0.6) is 0 Å². The van der Waals surface area contributed by atoms with Gasteiger partial charge in [-0.15, -0.1) is 0 Å². The number of fused-ring (bicyclic) bond motifs is 2. The van der Waals surface area contributed by atoms with Gasteiger partial charge in [-0.25, -0.2) is 8.42 Å². The summed E-state index contributed by atoms with van der Waals surface area (Å²) in [4.78, 5) is 28.3. The van der Waals surface area contributed by atoms with Crippen LogP contribution < -0.4 is 5.73 Å². The van der Waals surface area contributed by atoms with Crippen molar-refractivity contribution < 1.29 is 42.5 Å². The minimum atomic E-state index is -4.61. The summed E-state index contributed by atoms with van der Waals surface area (Å²) in [7, 11) is -4.61. The van der Waals surface area contributed by atoms with E-state index in [0.29, 0.717) is 12.0 Å². The van der Waals surface area contributed by atoms with E-state index < -0.39 is 16.2 Å². The molecule has 3 aliphatic rings. The summed E-state index contributed by atoms with van der Waals surface area (Å²) in [5.41, 5.74) is 5.77. The van der Waals surface area contributed by atoms with Gasteiger partial charge in [0.15, 0.2) is 17.7 Å². The average molecular weight is 987 g/mol. The van der Waals surface area contributed by atoms with E-state index in [1.54, 1.807) is 0 Å². The van der Waals surface area contributed by atoms with Crippen molar-refractivity contribution in [3.8, 4) is 0 Å². The quantitative estimate of drug-likeness (QED) is 0.227. The molecule has 1 aliphatic heterocycles. The maximum atomic E-state index is 14.4. The number of benzene rings is 1. The molecule has 0 spiro atoms. The van der Waals surface area contributed by atoms with Crippen LogP contribution in [0.15, 0.2) is 29.2 Å². The molecule has 398 valence electrons. The van der Waals surface area contributed by atoms with Crippen LogP contribution in [0, 0.1) is 11.8 Å². The zero-order chi connectivity index (χ0) is 49.2. The minimum absolute atomic E-state index is 0.0315. The van der Waals surface area contributed by atoms with Crippen molar-refractivity contribution in [2.75, 3.05) is 6.61 Å². The monoisotopic (exact) mass is 986 g/mol. The van der Waals surface area contributed by atoms with Gasteiger partial charge in [-0.2, -0.15) is 0 Å². The second-order valence-electron chi connectivity index (χ2n) is 22.0. The van der Waals surface area contributed by atoms with Gasteiger partial charge in [0.1, 0.15) is 10.1 Å². The number of Topliss-reactive ketones (excluding diaryl/α,β-unsaturated/α-hetero) is 2. The highest BCUT2D eigenvalue weighted by molar-refractivity contribution is 7.85. The molecule has 3 N–H and O–H groups in total. The molecule has 1 aromatic carbocycles. The zero-order valence-corrected chi connectivity index (χ0v) is 45.0. The molecule has 7 atom stereocenters. The van der Waals surface area contributed by atoms with Gasteiger partial charge in [-0.1, -0.05) is 237 Å². The third kappa shape index (κ3) is 25.7. The zero-order valence-electron chi connectivity index (χ0n) is 44.1. The first-order chi connectivity index (χ1) is 33.7. The Bertz CT molecular complexity index is 1570. The lowest BCUT2D eigenvalue weighted by Gasteiger charge is -2.39. The summed E-state index contributed by atoms with van der Waals surface area (Å²) in [5.74, 6) is -0.0972. The average Bonchev–Trinajstić information content (AvgIpc) is 3.33. The first-order valence-corrected chi connectivity index (χ1v) is 30.9. The van der Waals surface area contributed by atoms with Crippen molar-refractivity contribution >= 4 is 21.7 Å². The molecular weight excluding hydrogens is 883 g/mol. The maximum Gasteiger partial charge on any atom is 0.174 e. The van der Waals surface area contributed by atoms with Crippen molar-refractivity contribution in [2.45, 2.75) is 312 Å². The van der Waals surface area contributed by atoms with Crippen molar-refractivity contribution in [3.63, 3.8) is 0 Å². The second-order valence-corrected chi connectivity index (χ2v) is 23.3. The largest absolute Gasteiger partial charge is 0.744 e. The molecule has 1 heterocycles. The van der Waals surface area contributed by atoms with E-state index in [1.165, 1.54) is 217 Å². The van der Waals surface area contributed by atoms with Crippen LogP contribution in [-0.4, -0.2) is 61.6 Å². The summed E-state index contributed by atoms with van der Waals surface area (Å²) in [5, 5.41) is 0. The van der Waals surface area contributed by atoms with Gasteiger partial charge in [-0.3, -0.25) is 9.59 Å². The van der Waals surface area contributed by atoms with Crippen LogP contribution in [0.1, 0.15) is 276 Å². The molecule has 1 aromatic rings. The number of ketones is 2. The molecule has 7 unspecified atom stereocenters. The second kappa shape index (κ2) is 37.1. The van der Waals surface area contributed by atoms with Crippen LogP contribution in [0.2, 0.25) is 0 Å². The predicted octanol–water partition coefficient (Wildman–Crippen LogP) is 14.7. The van der Waals surface area contributed by atoms with Crippen LogP contribution in [0.3, 0.4) is 0 Å². The molecule has 0 radical (unpaired) electrons. The Morgan fingerprint density at radius 1 is 0.536 bits per heavy atom. The number of carbonyl (C=O) groups excluding carboxylic acids is 2. The molecule has 0 bridgehead atoms. The predicted molar refractivity (Wildman–Crippen MR) is 280 cm³/mol. The number of ether oxygens (including phenoxy) is 3. The Hall–Kier alpha value is -1.69. The highest BCUT2D eigenvalue weighted by Crippen LogP contribution is 2.35. The van der Waals surface area contributed by atoms with Crippen LogP contribution in [-0.2, 0) is 40.5 Å². The van der Waals surface area contributed by atoms with Gasteiger partial charge >= 0.3 is 0 Å². The van der Waals surface area contributed by atoms with Gasteiger partial charge in [0.05, 0.1) is 42.5 Å². The smallest absolute Gasteiger partial charge is 0.174 e. The molecule has 69 heavy (non-hydrogen) atoms. The molecule has 1 saturated heterocycles. The minimum Gasteiger partial charge on any atom is -0.744 e. The highest BCUT2D eigenvalue weighted by Gasteiger charge is 2.41. The van der Waals surface area contributed by atoms with Gasteiger partial charge in [0.25, 0.3) is 0 Å². The first-order valence-electron chi connectivity index (χ1n) is 29.5. The molecule has 2 saturated carbocycles. The molecule has 4 rings (SSSR count). The topological polar surface area (TPSA) is 147 Å². The van der Waals surface area contributed by atoms with Crippen molar-refractivity contribution in [2.24, 2.45) is 11.8 Å². The lowest BCUT2D eigenvalue weighted by molar-refractivity contribution is -0.457. The molecule has 10 heteroatoms. The molecule has 9 nitrogen and oxygen atoms in total. The number of hydrogen-bond donors (Lipinski definition) is 1. The van der Waals surface area contributed by atoms with Gasteiger partial charge in [-0.05, 0) is 49.8 Å². The Morgan fingerprint density at radius 2 is 0.899 bits per heavy atom. The van der Waals surface area contributed by atoms with E-state index in [1.807, 2.05) is 0 Å². The number of carbonyl (C=O) groups is 2. The highest BCUT2D eigenvalue weighted by atomic mass is 32.2. The van der Waals surface area contributed by atoms with Gasteiger partial charge in [0.2, 0.25) is 0 Å². The molecule has 3 fully saturated rings. The van der Waals surface area contributed by atoms with E-state index in [2.05, 4.69) is 6.92 Å². The van der Waals surface area contributed by atoms with Crippen LogP contribution in [0.25, 0.3) is 0 Å². The Labute approximate surface area is 422 Å². The van der Waals surface area contributed by atoms with Crippen LogP contribution in [0.4, 0.5) is 0 Å². The molecular formula is C59H103NO8S. The summed E-state index contributed by atoms with van der Waals surface area (Å²) < 4.78 is 55.4.